The maximum Gasteiger partial charge on any atom is 0.191 e. The Morgan fingerprint density at radius 2 is 1.80 bits per heavy atom. The fourth-order valence-corrected chi connectivity index (χ4v) is 3.16. The summed E-state index contributed by atoms with van der Waals surface area (Å²) in [5, 5.41) is 0. The number of rotatable bonds is 7. The van der Waals surface area contributed by atoms with E-state index in [1.54, 1.807) is 30.3 Å². The molecule has 6 heteroatoms. The number of hydrogen-bond acceptors (Lipinski definition) is 3. The Kier molecular flexibility index (Phi) is 6.51. The molecule has 1 aromatic rings. The van der Waals surface area contributed by atoms with Crippen LogP contribution in [-0.2, 0) is 9.84 Å². The molecule has 2 N–H and O–H groups in total. The Morgan fingerprint density at radius 1 is 1.20 bits per heavy atom. The van der Waals surface area contributed by atoms with E-state index in [1.165, 1.54) is 0 Å². The van der Waals surface area contributed by atoms with Crippen LogP contribution in [0.25, 0.3) is 0 Å². The minimum atomic E-state index is -3.21. The van der Waals surface area contributed by atoms with E-state index in [0.29, 0.717) is 23.8 Å². The van der Waals surface area contributed by atoms with Crippen molar-refractivity contribution in [1.29, 1.82) is 0 Å². The molecule has 112 valence electrons. The van der Waals surface area contributed by atoms with E-state index in [2.05, 4.69) is 4.99 Å². The maximum absolute atomic E-state index is 12.0. The summed E-state index contributed by atoms with van der Waals surface area (Å²) in [7, 11) is -3.21. The topological polar surface area (TPSA) is 75.8 Å². The Morgan fingerprint density at radius 3 is 2.35 bits per heavy atom. The molecule has 0 saturated heterocycles. The minimum Gasteiger partial charge on any atom is -0.370 e. The van der Waals surface area contributed by atoms with Crippen LogP contribution in [0.1, 0.15) is 20.3 Å². The summed E-state index contributed by atoms with van der Waals surface area (Å²) in [6, 6.07) is 8.48. The van der Waals surface area contributed by atoms with Crippen LogP contribution in [0, 0.1) is 0 Å². The molecule has 0 bridgehead atoms. The molecular formula is C14H23N3O2S. The molecular weight excluding hydrogens is 274 g/mol. The van der Waals surface area contributed by atoms with Gasteiger partial charge in [0.05, 0.1) is 10.6 Å². The molecule has 0 aliphatic carbocycles. The summed E-state index contributed by atoms with van der Waals surface area (Å²) in [5.41, 5.74) is 5.83. The molecule has 0 aliphatic rings. The molecule has 1 aromatic carbocycles. The molecule has 1 rings (SSSR count). The smallest absolute Gasteiger partial charge is 0.191 e. The summed E-state index contributed by atoms with van der Waals surface area (Å²) >= 11 is 0. The lowest BCUT2D eigenvalue weighted by molar-refractivity contribution is 0.458. The Bertz CT molecular complexity index is 523. The highest BCUT2D eigenvalue weighted by Crippen LogP contribution is 2.10. The van der Waals surface area contributed by atoms with Gasteiger partial charge in [0, 0.05) is 19.6 Å². The highest BCUT2D eigenvalue weighted by molar-refractivity contribution is 7.91. The van der Waals surface area contributed by atoms with Crippen LogP contribution in [0.3, 0.4) is 0 Å². The first-order valence-electron chi connectivity index (χ1n) is 6.84. The van der Waals surface area contributed by atoms with Gasteiger partial charge in [-0.3, -0.25) is 4.99 Å². The van der Waals surface area contributed by atoms with Crippen molar-refractivity contribution in [2.45, 2.75) is 25.2 Å². The molecule has 20 heavy (non-hydrogen) atoms. The van der Waals surface area contributed by atoms with Crippen molar-refractivity contribution >= 4 is 15.8 Å². The monoisotopic (exact) mass is 297 g/mol. The van der Waals surface area contributed by atoms with Gasteiger partial charge in [0.25, 0.3) is 0 Å². The summed E-state index contributed by atoms with van der Waals surface area (Å²) in [6.45, 7) is 6.04. The van der Waals surface area contributed by atoms with Gasteiger partial charge in [0.2, 0.25) is 0 Å². The zero-order chi connectivity index (χ0) is 15.0. The molecule has 0 spiro atoms. The molecule has 0 atom stereocenters. The first kappa shape index (κ1) is 16.5. The second kappa shape index (κ2) is 7.89. The SMILES string of the molecule is CCN(CC)C(N)=NCCCS(=O)(=O)c1ccccc1. The zero-order valence-corrected chi connectivity index (χ0v) is 12.9. The summed E-state index contributed by atoms with van der Waals surface area (Å²) in [6.07, 6.45) is 0.471. The van der Waals surface area contributed by atoms with Gasteiger partial charge in [0.1, 0.15) is 0 Å². The summed E-state index contributed by atoms with van der Waals surface area (Å²) in [5.74, 6) is 0.568. The van der Waals surface area contributed by atoms with Crippen LogP contribution in [-0.4, -0.2) is 44.7 Å². The third kappa shape index (κ3) is 4.85. The van der Waals surface area contributed by atoms with Crippen LogP contribution in [0.5, 0.6) is 0 Å². The van der Waals surface area contributed by atoms with Crippen molar-refractivity contribution in [3.63, 3.8) is 0 Å². The maximum atomic E-state index is 12.0. The van der Waals surface area contributed by atoms with Crippen molar-refractivity contribution in [3.05, 3.63) is 30.3 Å². The Balaban J connectivity index is 2.51. The molecule has 0 aromatic heterocycles. The van der Waals surface area contributed by atoms with Gasteiger partial charge in [-0.1, -0.05) is 18.2 Å². The number of nitrogens with two attached hydrogens (primary N) is 1. The van der Waals surface area contributed by atoms with E-state index in [-0.39, 0.29) is 5.75 Å². The predicted octanol–water partition coefficient (Wildman–Crippen LogP) is 1.51. The second-order valence-corrected chi connectivity index (χ2v) is 6.51. The second-order valence-electron chi connectivity index (χ2n) is 4.40. The van der Waals surface area contributed by atoms with Gasteiger partial charge < -0.3 is 10.6 Å². The average molecular weight is 297 g/mol. The van der Waals surface area contributed by atoms with E-state index < -0.39 is 9.84 Å². The van der Waals surface area contributed by atoms with Gasteiger partial charge >= 0.3 is 0 Å². The average Bonchev–Trinajstić information content (AvgIpc) is 2.46. The van der Waals surface area contributed by atoms with Crippen LogP contribution in [0.4, 0.5) is 0 Å². The molecule has 0 unspecified atom stereocenters. The molecule has 0 fully saturated rings. The van der Waals surface area contributed by atoms with Crippen molar-refractivity contribution < 1.29 is 8.42 Å². The third-order valence-corrected chi connectivity index (χ3v) is 4.85. The van der Waals surface area contributed by atoms with Crippen molar-refractivity contribution in [3.8, 4) is 0 Å². The molecule has 5 nitrogen and oxygen atoms in total. The molecule has 0 amide bonds. The van der Waals surface area contributed by atoms with E-state index in [9.17, 15) is 8.42 Å². The Hall–Kier alpha value is -1.56. The Labute approximate surface area is 121 Å². The fraction of sp³-hybridized carbons (Fsp3) is 0.500. The normalized spacial score (nSPS) is 12.4. The lowest BCUT2D eigenvalue weighted by Gasteiger charge is -2.19. The van der Waals surface area contributed by atoms with E-state index in [1.807, 2.05) is 18.7 Å². The van der Waals surface area contributed by atoms with E-state index in [4.69, 9.17) is 5.73 Å². The lowest BCUT2D eigenvalue weighted by Crippen LogP contribution is -2.37. The molecule has 0 radical (unpaired) electrons. The first-order valence-corrected chi connectivity index (χ1v) is 8.49. The van der Waals surface area contributed by atoms with Gasteiger partial charge in [-0.15, -0.1) is 0 Å². The van der Waals surface area contributed by atoms with Gasteiger partial charge in [-0.05, 0) is 32.4 Å². The minimum absolute atomic E-state index is 0.0893. The number of hydrogen-bond donors (Lipinski definition) is 1. The first-order chi connectivity index (χ1) is 9.51. The summed E-state index contributed by atoms with van der Waals surface area (Å²) in [4.78, 5) is 6.52. The van der Waals surface area contributed by atoms with Crippen LogP contribution in [0.2, 0.25) is 0 Å². The van der Waals surface area contributed by atoms with Crippen molar-refractivity contribution in [1.82, 2.24) is 4.90 Å². The van der Waals surface area contributed by atoms with Crippen LogP contribution >= 0.6 is 0 Å². The van der Waals surface area contributed by atoms with Crippen LogP contribution in [0.15, 0.2) is 40.2 Å². The number of guanidine groups is 1. The molecule has 0 heterocycles. The van der Waals surface area contributed by atoms with E-state index >= 15 is 0 Å². The lowest BCUT2D eigenvalue weighted by atomic mass is 10.4. The van der Waals surface area contributed by atoms with Gasteiger partial charge in [0.15, 0.2) is 15.8 Å². The molecule has 0 aliphatic heterocycles. The third-order valence-electron chi connectivity index (χ3n) is 3.03. The predicted molar refractivity (Wildman–Crippen MR) is 82.5 cm³/mol. The van der Waals surface area contributed by atoms with Crippen molar-refractivity contribution in [2.24, 2.45) is 10.7 Å². The molecule has 0 saturated carbocycles. The highest BCUT2D eigenvalue weighted by atomic mass is 32.2. The fourth-order valence-electron chi connectivity index (χ4n) is 1.84. The highest BCUT2D eigenvalue weighted by Gasteiger charge is 2.12. The van der Waals surface area contributed by atoms with Crippen molar-refractivity contribution in [2.75, 3.05) is 25.4 Å². The van der Waals surface area contributed by atoms with Crippen LogP contribution < -0.4 is 5.73 Å². The number of aliphatic imine (C=N–C) groups is 1. The van der Waals surface area contributed by atoms with Gasteiger partial charge in [-0.25, -0.2) is 8.42 Å². The number of sulfone groups is 1. The van der Waals surface area contributed by atoms with Gasteiger partial charge in [-0.2, -0.15) is 0 Å². The summed E-state index contributed by atoms with van der Waals surface area (Å²) < 4.78 is 24.1. The van der Waals surface area contributed by atoms with E-state index in [0.717, 1.165) is 13.1 Å². The quantitative estimate of drug-likeness (QED) is 0.470. The zero-order valence-electron chi connectivity index (χ0n) is 12.1. The standard InChI is InChI=1S/C14H23N3O2S/c1-3-17(4-2)14(15)16-11-8-12-20(18,19)13-9-6-5-7-10-13/h5-7,9-10H,3-4,8,11-12H2,1-2H3,(H2,15,16). The number of nitrogens with zero attached hydrogens (tertiary/aromatic N) is 2. The number of benzene rings is 1. The largest absolute Gasteiger partial charge is 0.370 e.